The lowest BCUT2D eigenvalue weighted by atomic mass is 9.83. The maximum atomic E-state index is 12.9. The molecule has 0 aliphatic heterocycles. The molecule has 0 saturated carbocycles. The van der Waals surface area contributed by atoms with Crippen LogP contribution in [0.25, 0.3) is 0 Å². The number of amides is 1. The van der Waals surface area contributed by atoms with Gasteiger partial charge in [0.1, 0.15) is 0 Å². The minimum absolute atomic E-state index is 0.0697. The lowest BCUT2D eigenvalue weighted by Crippen LogP contribution is -2.42. The second-order valence-corrected chi connectivity index (χ2v) is 7.23. The van der Waals surface area contributed by atoms with E-state index in [-0.39, 0.29) is 5.91 Å². The molecular formula is C21H26ClNO3. The molecule has 1 amide bonds. The number of carbonyl (C=O) groups excluding carboxylic acids is 1. The highest BCUT2D eigenvalue weighted by Crippen LogP contribution is 2.29. The van der Waals surface area contributed by atoms with E-state index in [1.807, 2.05) is 63.4 Å². The van der Waals surface area contributed by atoms with Crippen molar-refractivity contribution >= 4 is 17.5 Å². The van der Waals surface area contributed by atoms with Crippen LogP contribution in [0.1, 0.15) is 25.0 Å². The van der Waals surface area contributed by atoms with E-state index < -0.39 is 5.41 Å². The van der Waals surface area contributed by atoms with E-state index in [0.29, 0.717) is 23.1 Å². The Bertz CT molecular complexity index is 756. The molecule has 2 aromatic rings. The molecule has 0 spiro atoms. The quantitative estimate of drug-likeness (QED) is 0.722. The fourth-order valence-corrected chi connectivity index (χ4v) is 3.03. The van der Waals surface area contributed by atoms with E-state index >= 15 is 0 Å². The normalized spacial score (nSPS) is 11.2. The first-order valence-corrected chi connectivity index (χ1v) is 8.90. The first-order chi connectivity index (χ1) is 12.3. The van der Waals surface area contributed by atoms with Crippen molar-refractivity contribution in [1.29, 1.82) is 0 Å². The van der Waals surface area contributed by atoms with Crippen LogP contribution in [0.2, 0.25) is 5.02 Å². The molecule has 2 aromatic carbocycles. The number of rotatable bonds is 7. The van der Waals surface area contributed by atoms with Crippen LogP contribution < -0.4 is 9.47 Å². The van der Waals surface area contributed by atoms with E-state index in [1.54, 1.807) is 19.1 Å². The van der Waals surface area contributed by atoms with Crippen LogP contribution in [-0.2, 0) is 16.6 Å². The van der Waals surface area contributed by atoms with Crippen LogP contribution in [0.15, 0.2) is 42.5 Å². The summed E-state index contributed by atoms with van der Waals surface area (Å²) >= 11 is 5.95. The summed E-state index contributed by atoms with van der Waals surface area (Å²) in [6.45, 7) is 4.49. The van der Waals surface area contributed by atoms with E-state index in [0.717, 1.165) is 17.5 Å². The molecular weight excluding hydrogens is 350 g/mol. The predicted molar refractivity (Wildman–Crippen MR) is 105 cm³/mol. The lowest BCUT2D eigenvalue weighted by molar-refractivity contribution is -0.134. The Labute approximate surface area is 160 Å². The molecule has 140 valence electrons. The molecule has 0 radical (unpaired) electrons. The van der Waals surface area contributed by atoms with Gasteiger partial charge >= 0.3 is 0 Å². The molecule has 4 nitrogen and oxygen atoms in total. The van der Waals surface area contributed by atoms with Gasteiger partial charge in [0.05, 0.1) is 19.6 Å². The Hall–Kier alpha value is -2.20. The van der Waals surface area contributed by atoms with Gasteiger partial charge in [-0.05, 0) is 55.7 Å². The van der Waals surface area contributed by atoms with Gasteiger partial charge in [-0.3, -0.25) is 4.79 Å². The number of ether oxygens (including phenoxy) is 2. The Balaban J connectivity index is 2.06. The highest BCUT2D eigenvalue weighted by Gasteiger charge is 2.32. The molecule has 0 bridgehead atoms. The number of likely N-dealkylation sites (N-methyl/N-ethyl adjacent to an activating group) is 1. The predicted octanol–water partition coefficient (Wildman–Crippen LogP) is 4.34. The van der Waals surface area contributed by atoms with E-state index in [2.05, 4.69) is 0 Å². The third-order valence-corrected chi connectivity index (χ3v) is 4.88. The van der Waals surface area contributed by atoms with Crippen molar-refractivity contribution in [1.82, 2.24) is 4.90 Å². The average molecular weight is 376 g/mol. The van der Waals surface area contributed by atoms with Gasteiger partial charge in [-0.2, -0.15) is 0 Å². The molecule has 0 aromatic heterocycles. The fourth-order valence-electron chi connectivity index (χ4n) is 2.90. The first-order valence-electron chi connectivity index (χ1n) is 8.52. The molecule has 0 saturated heterocycles. The number of methoxy groups -OCH3 is 2. The molecule has 0 unspecified atom stereocenters. The first kappa shape index (κ1) is 20.1. The molecule has 0 N–H and O–H groups in total. The van der Waals surface area contributed by atoms with Gasteiger partial charge in [-0.1, -0.05) is 29.8 Å². The third-order valence-electron chi connectivity index (χ3n) is 4.63. The zero-order valence-corrected chi connectivity index (χ0v) is 16.8. The molecule has 2 rings (SSSR count). The second kappa shape index (κ2) is 8.45. The minimum Gasteiger partial charge on any atom is -0.493 e. The number of benzene rings is 2. The Kier molecular flexibility index (Phi) is 6.54. The van der Waals surface area contributed by atoms with Gasteiger partial charge < -0.3 is 14.4 Å². The molecule has 0 fully saturated rings. The van der Waals surface area contributed by atoms with E-state index in [9.17, 15) is 4.79 Å². The van der Waals surface area contributed by atoms with Crippen LogP contribution in [0.4, 0.5) is 0 Å². The summed E-state index contributed by atoms with van der Waals surface area (Å²) in [5.74, 6) is 1.46. The number of hydrogen-bond donors (Lipinski definition) is 0. The third kappa shape index (κ3) is 4.50. The average Bonchev–Trinajstić information content (AvgIpc) is 2.65. The highest BCUT2D eigenvalue weighted by atomic mass is 35.5. The van der Waals surface area contributed by atoms with Gasteiger partial charge in [0.25, 0.3) is 0 Å². The maximum Gasteiger partial charge on any atom is 0.232 e. The largest absolute Gasteiger partial charge is 0.493 e. The van der Waals surface area contributed by atoms with Gasteiger partial charge in [0.15, 0.2) is 11.5 Å². The highest BCUT2D eigenvalue weighted by molar-refractivity contribution is 6.30. The lowest BCUT2D eigenvalue weighted by Gasteiger charge is -2.30. The molecule has 0 atom stereocenters. The van der Waals surface area contributed by atoms with Crippen LogP contribution in [0.3, 0.4) is 0 Å². The molecule has 26 heavy (non-hydrogen) atoms. The standard InChI is InChI=1S/C21H26ClNO3/c1-21(2,16-7-9-17(22)10-8-16)20(24)23(3)13-12-15-6-11-18(25-4)19(14-15)26-5/h6-11,14H,12-13H2,1-5H3. The Morgan fingerprint density at radius 2 is 1.65 bits per heavy atom. The molecule has 0 heterocycles. The minimum atomic E-state index is -0.614. The van der Waals surface area contributed by atoms with Gasteiger partial charge in [0.2, 0.25) is 5.91 Å². The van der Waals surface area contributed by atoms with Crippen LogP contribution >= 0.6 is 11.6 Å². The van der Waals surface area contributed by atoms with Crippen LogP contribution in [0, 0.1) is 0 Å². The van der Waals surface area contributed by atoms with Crippen LogP contribution in [0.5, 0.6) is 11.5 Å². The monoisotopic (exact) mass is 375 g/mol. The second-order valence-electron chi connectivity index (χ2n) is 6.80. The summed E-state index contributed by atoms with van der Waals surface area (Å²) in [5, 5.41) is 0.666. The van der Waals surface area contributed by atoms with Crippen molar-refractivity contribution < 1.29 is 14.3 Å². The molecule has 0 aliphatic rings. The Morgan fingerprint density at radius 3 is 2.23 bits per heavy atom. The summed E-state index contributed by atoms with van der Waals surface area (Å²) in [7, 11) is 5.06. The summed E-state index contributed by atoms with van der Waals surface area (Å²) < 4.78 is 10.6. The molecule has 5 heteroatoms. The van der Waals surface area contributed by atoms with Crippen LogP contribution in [-0.4, -0.2) is 38.6 Å². The number of nitrogens with zero attached hydrogens (tertiary/aromatic N) is 1. The molecule has 0 aliphatic carbocycles. The van der Waals surface area contributed by atoms with Crippen molar-refractivity contribution in [3.8, 4) is 11.5 Å². The van der Waals surface area contributed by atoms with Gasteiger partial charge in [0, 0.05) is 18.6 Å². The number of hydrogen-bond acceptors (Lipinski definition) is 3. The fraction of sp³-hybridized carbons (Fsp3) is 0.381. The number of carbonyl (C=O) groups is 1. The van der Waals surface area contributed by atoms with Crippen molar-refractivity contribution in [2.45, 2.75) is 25.7 Å². The topological polar surface area (TPSA) is 38.8 Å². The summed E-state index contributed by atoms with van der Waals surface area (Å²) in [4.78, 5) is 14.7. The summed E-state index contributed by atoms with van der Waals surface area (Å²) in [6.07, 6.45) is 0.735. The SMILES string of the molecule is COc1ccc(CCN(C)C(=O)C(C)(C)c2ccc(Cl)cc2)cc1OC. The van der Waals surface area contributed by atoms with E-state index in [1.165, 1.54) is 0 Å². The van der Waals surface area contributed by atoms with Crippen molar-refractivity contribution in [3.63, 3.8) is 0 Å². The zero-order valence-electron chi connectivity index (χ0n) is 16.0. The Morgan fingerprint density at radius 1 is 1.04 bits per heavy atom. The summed E-state index contributed by atoms with van der Waals surface area (Å²) in [6, 6.07) is 13.3. The van der Waals surface area contributed by atoms with Crippen molar-refractivity contribution in [2.24, 2.45) is 0 Å². The number of halogens is 1. The maximum absolute atomic E-state index is 12.9. The van der Waals surface area contributed by atoms with Gasteiger partial charge in [-0.25, -0.2) is 0 Å². The van der Waals surface area contributed by atoms with E-state index in [4.69, 9.17) is 21.1 Å². The van der Waals surface area contributed by atoms with Gasteiger partial charge in [-0.15, -0.1) is 0 Å². The van der Waals surface area contributed by atoms with Crippen molar-refractivity contribution in [2.75, 3.05) is 27.8 Å². The zero-order chi connectivity index (χ0) is 19.3. The smallest absolute Gasteiger partial charge is 0.232 e. The van der Waals surface area contributed by atoms with Crippen molar-refractivity contribution in [3.05, 3.63) is 58.6 Å². The summed E-state index contributed by atoms with van der Waals surface area (Å²) in [5.41, 5.74) is 1.42.